The molecule has 0 radical (unpaired) electrons. The van der Waals surface area contributed by atoms with Crippen LogP contribution in [0.2, 0.25) is 0 Å². The average molecular weight is 191 g/mol. The van der Waals surface area contributed by atoms with Crippen molar-refractivity contribution in [3.05, 3.63) is 0 Å². The molecule has 0 spiro atoms. The molecular formula is C7H15N2O2S-. The number of nitrogens with zero attached hydrogens (tertiary/aromatic N) is 1. The summed E-state index contributed by atoms with van der Waals surface area (Å²) < 4.78 is 20.4. The summed E-state index contributed by atoms with van der Waals surface area (Å²) in [6, 6.07) is 0. The molecule has 72 valence electrons. The smallest absolute Gasteiger partial charge is 0.0114 e. The second-order valence-corrected chi connectivity index (χ2v) is 3.97. The summed E-state index contributed by atoms with van der Waals surface area (Å²) in [6.45, 7) is 5.06. The molecule has 1 aliphatic rings. The van der Waals surface area contributed by atoms with Gasteiger partial charge in [0.25, 0.3) is 0 Å². The Balaban J connectivity index is 2.01. The van der Waals surface area contributed by atoms with Crippen LogP contribution in [0.3, 0.4) is 0 Å². The van der Waals surface area contributed by atoms with E-state index in [1.807, 2.05) is 0 Å². The first-order valence-corrected chi connectivity index (χ1v) is 5.52. The molecule has 1 heterocycles. The number of nitrogens with one attached hydrogen (secondary N) is 1. The lowest BCUT2D eigenvalue weighted by Gasteiger charge is -2.27. The highest BCUT2D eigenvalue weighted by atomic mass is 32.2. The van der Waals surface area contributed by atoms with E-state index in [1.54, 1.807) is 0 Å². The van der Waals surface area contributed by atoms with Crippen molar-refractivity contribution in [3.8, 4) is 0 Å². The quantitative estimate of drug-likeness (QED) is 0.589. The highest BCUT2D eigenvalue weighted by molar-refractivity contribution is 7.79. The molecule has 1 aliphatic heterocycles. The highest BCUT2D eigenvalue weighted by Gasteiger charge is 2.07. The Hall–Kier alpha value is 0.0300. The molecule has 0 aromatic rings. The van der Waals surface area contributed by atoms with E-state index in [1.165, 1.54) is 0 Å². The van der Waals surface area contributed by atoms with Gasteiger partial charge in [0.2, 0.25) is 0 Å². The molecule has 1 rings (SSSR count). The van der Waals surface area contributed by atoms with Crippen LogP contribution in [0.15, 0.2) is 0 Å². The van der Waals surface area contributed by atoms with Gasteiger partial charge in [0.05, 0.1) is 0 Å². The average Bonchev–Trinajstić information content (AvgIpc) is 2.05. The van der Waals surface area contributed by atoms with Crippen LogP contribution in [0.25, 0.3) is 0 Å². The van der Waals surface area contributed by atoms with E-state index >= 15 is 0 Å². The molecule has 0 aromatic carbocycles. The van der Waals surface area contributed by atoms with Gasteiger partial charge < -0.3 is 14.8 Å². The zero-order valence-electron chi connectivity index (χ0n) is 7.12. The van der Waals surface area contributed by atoms with Crippen molar-refractivity contribution in [3.63, 3.8) is 0 Å². The minimum absolute atomic E-state index is 0.296. The molecular weight excluding hydrogens is 176 g/mol. The molecule has 5 heteroatoms. The van der Waals surface area contributed by atoms with Gasteiger partial charge in [-0.3, -0.25) is 4.21 Å². The first kappa shape index (κ1) is 10.1. The van der Waals surface area contributed by atoms with E-state index in [0.29, 0.717) is 5.75 Å². The van der Waals surface area contributed by atoms with Crippen LogP contribution in [0, 0.1) is 0 Å². The summed E-state index contributed by atoms with van der Waals surface area (Å²) in [5.74, 6) is 0.296. The summed E-state index contributed by atoms with van der Waals surface area (Å²) in [4.78, 5) is 2.30. The van der Waals surface area contributed by atoms with Gasteiger partial charge in [0.1, 0.15) is 0 Å². The summed E-state index contributed by atoms with van der Waals surface area (Å²) in [6.07, 6.45) is 0.760. The third-order valence-corrected chi connectivity index (χ3v) is 2.62. The fourth-order valence-electron chi connectivity index (χ4n) is 1.34. The van der Waals surface area contributed by atoms with Crippen LogP contribution in [0.4, 0.5) is 0 Å². The Kier molecular flexibility index (Phi) is 4.75. The van der Waals surface area contributed by atoms with Crippen LogP contribution < -0.4 is 5.32 Å². The van der Waals surface area contributed by atoms with Crippen molar-refractivity contribution in [2.45, 2.75) is 6.42 Å². The predicted octanol–water partition coefficient (Wildman–Crippen LogP) is -0.839. The molecule has 0 saturated carbocycles. The van der Waals surface area contributed by atoms with Crippen LogP contribution >= 0.6 is 0 Å². The highest BCUT2D eigenvalue weighted by Crippen LogP contribution is 1.94. The lowest BCUT2D eigenvalue weighted by Crippen LogP contribution is -2.43. The minimum Gasteiger partial charge on any atom is -0.772 e. The van der Waals surface area contributed by atoms with Crippen molar-refractivity contribution >= 4 is 11.1 Å². The summed E-state index contributed by atoms with van der Waals surface area (Å²) in [5, 5.41) is 3.25. The predicted molar refractivity (Wildman–Crippen MR) is 47.7 cm³/mol. The van der Waals surface area contributed by atoms with Crippen LogP contribution in [-0.2, 0) is 11.1 Å². The topological polar surface area (TPSA) is 55.4 Å². The summed E-state index contributed by atoms with van der Waals surface area (Å²) >= 11 is -1.86. The van der Waals surface area contributed by atoms with Gasteiger partial charge in [-0.15, -0.1) is 0 Å². The van der Waals surface area contributed by atoms with Crippen molar-refractivity contribution < 1.29 is 8.76 Å². The maximum Gasteiger partial charge on any atom is 0.0114 e. The Labute approximate surface area is 75.6 Å². The van der Waals surface area contributed by atoms with Gasteiger partial charge in [-0.2, -0.15) is 0 Å². The van der Waals surface area contributed by atoms with Gasteiger partial charge in [-0.25, -0.2) is 0 Å². The molecule has 0 aliphatic carbocycles. The Morgan fingerprint density at radius 3 is 2.67 bits per heavy atom. The normalized spacial score (nSPS) is 22.4. The molecule has 0 amide bonds. The van der Waals surface area contributed by atoms with E-state index in [0.717, 1.165) is 39.1 Å². The van der Waals surface area contributed by atoms with E-state index in [4.69, 9.17) is 0 Å². The van der Waals surface area contributed by atoms with Crippen molar-refractivity contribution in [1.29, 1.82) is 0 Å². The van der Waals surface area contributed by atoms with Gasteiger partial charge in [0, 0.05) is 31.9 Å². The Morgan fingerprint density at radius 2 is 2.08 bits per heavy atom. The first-order chi connectivity index (χ1) is 5.79. The van der Waals surface area contributed by atoms with Gasteiger partial charge >= 0.3 is 0 Å². The lowest BCUT2D eigenvalue weighted by atomic mass is 10.3. The maximum absolute atomic E-state index is 10.2. The molecule has 1 fully saturated rings. The van der Waals surface area contributed by atoms with Crippen LogP contribution in [-0.4, -0.2) is 52.1 Å². The fourth-order valence-corrected chi connectivity index (χ4v) is 1.71. The Bertz CT molecular complexity index is 148. The largest absolute Gasteiger partial charge is 0.772 e. The molecule has 1 N–H and O–H groups in total. The lowest BCUT2D eigenvalue weighted by molar-refractivity contribution is 0.242. The van der Waals surface area contributed by atoms with E-state index in [2.05, 4.69) is 10.2 Å². The minimum atomic E-state index is -1.86. The van der Waals surface area contributed by atoms with Crippen molar-refractivity contribution in [2.24, 2.45) is 0 Å². The van der Waals surface area contributed by atoms with Gasteiger partial charge in [-0.05, 0) is 13.0 Å². The van der Waals surface area contributed by atoms with E-state index < -0.39 is 11.1 Å². The number of hydrogen-bond donors (Lipinski definition) is 1. The molecule has 1 unspecified atom stereocenters. The second-order valence-electron chi connectivity index (χ2n) is 2.95. The molecule has 0 bridgehead atoms. The number of hydrogen-bond acceptors (Lipinski definition) is 4. The van der Waals surface area contributed by atoms with E-state index in [-0.39, 0.29) is 0 Å². The van der Waals surface area contributed by atoms with Gasteiger partial charge in [0.15, 0.2) is 0 Å². The second kappa shape index (κ2) is 5.64. The molecule has 0 aromatic heterocycles. The number of piperazine rings is 1. The first-order valence-electron chi connectivity index (χ1n) is 4.28. The fraction of sp³-hybridized carbons (Fsp3) is 1.00. The monoisotopic (exact) mass is 191 g/mol. The molecule has 4 nitrogen and oxygen atoms in total. The van der Waals surface area contributed by atoms with Crippen molar-refractivity contribution in [2.75, 3.05) is 38.5 Å². The molecule has 1 atom stereocenters. The summed E-state index contributed by atoms with van der Waals surface area (Å²) in [7, 11) is 0. The SMILES string of the molecule is O=S([O-])CCCN1CCNCC1. The van der Waals surface area contributed by atoms with E-state index in [9.17, 15) is 8.76 Å². The molecule has 1 saturated heterocycles. The standard InChI is InChI=1S/C7H16N2O2S/c10-12(11)7-1-4-9-5-2-8-3-6-9/h8H,1-7H2,(H,10,11)/p-1. The zero-order chi connectivity index (χ0) is 8.81. The van der Waals surface area contributed by atoms with Gasteiger partial charge in [-0.1, -0.05) is 11.1 Å². The number of rotatable bonds is 4. The molecule has 12 heavy (non-hydrogen) atoms. The third-order valence-electron chi connectivity index (χ3n) is 1.99. The third kappa shape index (κ3) is 4.15. The van der Waals surface area contributed by atoms with Crippen molar-refractivity contribution in [1.82, 2.24) is 10.2 Å². The van der Waals surface area contributed by atoms with Crippen LogP contribution in [0.1, 0.15) is 6.42 Å². The maximum atomic E-state index is 10.2. The zero-order valence-corrected chi connectivity index (χ0v) is 7.94. The Morgan fingerprint density at radius 1 is 1.42 bits per heavy atom. The van der Waals surface area contributed by atoms with Crippen LogP contribution in [0.5, 0.6) is 0 Å². The summed E-state index contributed by atoms with van der Waals surface area (Å²) in [5.41, 5.74) is 0.